The zero-order valence-corrected chi connectivity index (χ0v) is 29.0. The van der Waals surface area contributed by atoms with E-state index in [0.717, 1.165) is 50.2 Å². The highest BCUT2D eigenvalue weighted by atomic mass is 32.2. The first-order chi connectivity index (χ1) is 22.1. The Morgan fingerprint density at radius 1 is 1.15 bits per heavy atom. The highest BCUT2D eigenvalue weighted by Gasteiger charge is 2.34. The van der Waals surface area contributed by atoms with E-state index in [0.29, 0.717) is 13.0 Å². The first kappa shape index (κ1) is 35.8. The molecule has 0 bridgehead atoms. The molecule has 14 heteroatoms. The average Bonchev–Trinajstić information content (AvgIpc) is 3.41. The third-order valence-electron chi connectivity index (χ3n) is 7.91. The van der Waals surface area contributed by atoms with Gasteiger partial charge in [-0.3, -0.25) is 9.69 Å². The number of carbonyl (C=O) groups is 2. The van der Waals surface area contributed by atoms with E-state index < -0.39 is 27.9 Å². The van der Waals surface area contributed by atoms with Crippen molar-refractivity contribution in [3.05, 3.63) is 70.1 Å². The van der Waals surface area contributed by atoms with Crippen LogP contribution in [0.3, 0.4) is 0 Å². The van der Waals surface area contributed by atoms with Gasteiger partial charge in [0.15, 0.2) is 0 Å². The van der Waals surface area contributed by atoms with E-state index in [9.17, 15) is 18.0 Å². The molecule has 0 saturated carbocycles. The maximum absolute atomic E-state index is 13.2. The number of esters is 1. The third kappa shape index (κ3) is 8.67. The Bertz CT molecular complexity index is 1750. The number of hydrogen-bond acceptors (Lipinski definition) is 10. The summed E-state index contributed by atoms with van der Waals surface area (Å²) in [4.78, 5) is 26.4. The van der Waals surface area contributed by atoms with Crippen molar-refractivity contribution in [3.63, 3.8) is 0 Å². The summed E-state index contributed by atoms with van der Waals surface area (Å²) in [5.74, 6) is -0.891. The van der Waals surface area contributed by atoms with E-state index in [1.165, 1.54) is 17.4 Å². The minimum absolute atomic E-state index is 0.00818. The van der Waals surface area contributed by atoms with Crippen LogP contribution in [0.4, 0.5) is 4.79 Å². The molecule has 2 aromatic carbocycles. The Morgan fingerprint density at radius 3 is 2.55 bits per heavy atom. The van der Waals surface area contributed by atoms with Crippen LogP contribution in [-0.4, -0.2) is 82.2 Å². The Kier molecular flexibility index (Phi) is 11.3. The van der Waals surface area contributed by atoms with Crippen molar-refractivity contribution in [2.45, 2.75) is 85.4 Å². The minimum Gasteiger partial charge on any atom is -0.466 e. The number of aliphatic hydroxyl groups excluding tert-OH is 1. The first-order valence-electron chi connectivity index (χ1n) is 15.7. The van der Waals surface area contributed by atoms with Gasteiger partial charge in [0.1, 0.15) is 11.1 Å². The fourth-order valence-corrected chi connectivity index (χ4v) is 6.44. The molecule has 47 heavy (non-hydrogen) atoms. The van der Waals surface area contributed by atoms with Gasteiger partial charge in [-0.2, -0.15) is 12.7 Å². The van der Waals surface area contributed by atoms with Gasteiger partial charge < -0.3 is 18.8 Å². The lowest BCUT2D eigenvalue weighted by Crippen LogP contribution is -2.41. The van der Waals surface area contributed by atoms with Gasteiger partial charge in [-0.1, -0.05) is 29.5 Å². The summed E-state index contributed by atoms with van der Waals surface area (Å²) in [5, 5.41) is 17.9. The molecule has 0 aliphatic carbocycles. The van der Waals surface area contributed by atoms with Gasteiger partial charge in [0.05, 0.1) is 18.5 Å². The molecule has 1 atom stereocenters. The molecule has 256 valence electrons. The van der Waals surface area contributed by atoms with Gasteiger partial charge >= 0.3 is 22.4 Å². The zero-order valence-electron chi connectivity index (χ0n) is 28.1. The van der Waals surface area contributed by atoms with Crippen LogP contribution in [0.15, 0.2) is 42.3 Å². The van der Waals surface area contributed by atoms with Crippen LogP contribution >= 0.6 is 0 Å². The molecular weight excluding hydrogens is 626 g/mol. The molecule has 2 heterocycles. The molecule has 1 aliphatic rings. The number of amides is 1. The van der Waals surface area contributed by atoms with Crippen LogP contribution in [0.1, 0.15) is 80.7 Å². The minimum atomic E-state index is -4.25. The Morgan fingerprint density at radius 2 is 1.89 bits per heavy atom. The molecule has 1 unspecified atom stereocenters. The van der Waals surface area contributed by atoms with Crippen LogP contribution in [-0.2, 0) is 41.8 Å². The normalized spacial score (nSPS) is 15.5. The summed E-state index contributed by atoms with van der Waals surface area (Å²) < 4.78 is 45.4. The van der Waals surface area contributed by atoms with Crippen molar-refractivity contribution in [2.24, 2.45) is 0 Å². The number of nitrogens with zero attached hydrogens (tertiary/aromatic N) is 5. The summed E-state index contributed by atoms with van der Waals surface area (Å²) in [6.07, 6.45) is 2.29. The molecule has 3 aromatic rings. The van der Waals surface area contributed by atoms with Gasteiger partial charge in [0.2, 0.25) is 5.88 Å². The summed E-state index contributed by atoms with van der Waals surface area (Å²) in [5.41, 5.74) is 5.00. The Balaban J connectivity index is 1.64. The maximum Gasteiger partial charge on any atom is 0.416 e. The molecule has 4 rings (SSSR count). The molecule has 13 nitrogen and oxygen atoms in total. The van der Waals surface area contributed by atoms with E-state index >= 15 is 0 Å². The average molecular weight is 672 g/mol. The van der Waals surface area contributed by atoms with Crippen molar-refractivity contribution < 1.29 is 36.8 Å². The van der Waals surface area contributed by atoms with Crippen LogP contribution < -0.4 is 0 Å². The molecule has 1 aromatic heterocycles. The molecule has 1 amide bonds. The SMILES string of the molecule is CCOC(=O)CC(c1ccc(C)c(CN2CC=C(N(C)C(=O)OC(C)(C)C)OS2(=O)=O)c1)c1ccc2c(nnn2CCCCO)c1C. The summed E-state index contributed by atoms with van der Waals surface area (Å²) >= 11 is 0. The predicted octanol–water partition coefficient (Wildman–Crippen LogP) is 4.69. The topological polar surface area (TPSA) is 153 Å². The number of aryl methyl sites for hydroxylation is 3. The van der Waals surface area contributed by atoms with E-state index in [1.54, 1.807) is 27.7 Å². The van der Waals surface area contributed by atoms with E-state index in [4.69, 9.17) is 18.8 Å². The summed E-state index contributed by atoms with van der Waals surface area (Å²) in [7, 11) is -2.86. The Hall–Kier alpha value is -4.01. The molecule has 0 spiro atoms. The third-order valence-corrected chi connectivity index (χ3v) is 9.20. The van der Waals surface area contributed by atoms with E-state index in [2.05, 4.69) is 10.3 Å². The zero-order chi connectivity index (χ0) is 34.5. The molecular formula is C33H45N5O8S. The van der Waals surface area contributed by atoms with Crippen molar-refractivity contribution >= 4 is 33.4 Å². The van der Waals surface area contributed by atoms with Gasteiger partial charge in [0.25, 0.3) is 0 Å². The smallest absolute Gasteiger partial charge is 0.416 e. The number of unbranched alkanes of at least 4 members (excludes halogenated alkanes) is 1. The lowest BCUT2D eigenvalue weighted by Gasteiger charge is -2.30. The lowest BCUT2D eigenvalue weighted by molar-refractivity contribution is -0.143. The molecule has 1 aliphatic heterocycles. The maximum atomic E-state index is 13.2. The molecule has 0 fully saturated rings. The molecule has 0 saturated heterocycles. The summed E-state index contributed by atoms with van der Waals surface area (Å²) in [6, 6.07) is 9.68. The highest BCUT2D eigenvalue weighted by molar-refractivity contribution is 7.84. The van der Waals surface area contributed by atoms with Crippen LogP contribution in [0.2, 0.25) is 0 Å². The number of ether oxygens (including phenoxy) is 2. The quantitative estimate of drug-likeness (QED) is 0.212. The first-order valence-corrected chi connectivity index (χ1v) is 17.1. The van der Waals surface area contributed by atoms with Crippen LogP contribution in [0, 0.1) is 13.8 Å². The second-order valence-corrected chi connectivity index (χ2v) is 14.1. The van der Waals surface area contributed by atoms with Gasteiger partial charge in [-0.05, 0) is 94.3 Å². The van der Waals surface area contributed by atoms with Crippen molar-refractivity contribution in [1.82, 2.24) is 24.2 Å². The fourth-order valence-electron chi connectivity index (χ4n) is 5.38. The number of carbonyl (C=O) groups excluding carboxylic acids is 2. The standard InChI is InChI=1S/C33H45N5O8S/c1-8-44-30(40)20-27(26-13-14-28-31(23(26)3)34-35-38(28)16-9-10-18-39)24-12-11-22(2)25(19-24)21-37-17-15-29(46-47(37,42)43)36(7)32(41)45-33(4,5)6/h11-15,19,27,39H,8-10,16-18,20-21H2,1-7H3. The monoisotopic (exact) mass is 671 g/mol. The number of hydrogen-bond donors (Lipinski definition) is 1. The van der Waals surface area contributed by atoms with Gasteiger partial charge in [-0.25, -0.2) is 9.48 Å². The van der Waals surface area contributed by atoms with Gasteiger partial charge in [-0.15, -0.1) is 5.10 Å². The second-order valence-electron chi connectivity index (χ2n) is 12.6. The van der Waals surface area contributed by atoms with Crippen LogP contribution in [0.5, 0.6) is 0 Å². The van der Waals surface area contributed by atoms with Gasteiger partial charge in [0, 0.05) is 39.2 Å². The van der Waals surface area contributed by atoms with E-state index in [-0.39, 0.29) is 44.6 Å². The molecule has 1 N–H and O–H groups in total. The number of aliphatic hydroxyl groups is 1. The number of aromatic nitrogens is 3. The highest BCUT2D eigenvalue weighted by Crippen LogP contribution is 2.35. The largest absolute Gasteiger partial charge is 0.466 e. The Labute approximate surface area is 276 Å². The van der Waals surface area contributed by atoms with Crippen LogP contribution in [0.25, 0.3) is 11.0 Å². The molecule has 0 radical (unpaired) electrons. The predicted molar refractivity (Wildman–Crippen MR) is 175 cm³/mol. The number of fused-ring (bicyclic) bond motifs is 1. The summed E-state index contributed by atoms with van der Waals surface area (Å²) in [6.45, 7) is 11.7. The number of benzene rings is 2. The second kappa shape index (κ2) is 14.8. The fraction of sp³-hybridized carbons (Fsp3) is 0.515. The number of rotatable bonds is 12. The van der Waals surface area contributed by atoms with Crippen molar-refractivity contribution in [2.75, 3.05) is 26.8 Å². The van der Waals surface area contributed by atoms with E-state index in [1.807, 2.05) is 48.9 Å². The lowest BCUT2D eigenvalue weighted by atomic mass is 9.84. The van der Waals surface area contributed by atoms with Crippen molar-refractivity contribution in [1.29, 1.82) is 0 Å². The van der Waals surface area contributed by atoms with Crippen molar-refractivity contribution in [3.8, 4) is 0 Å².